The van der Waals surface area contributed by atoms with Crippen molar-refractivity contribution in [2.24, 2.45) is 0 Å². The van der Waals surface area contributed by atoms with Crippen molar-refractivity contribution in [3.8, 4) is 0 Å². The number of methoxy groups -OCH3 is 1. The van der Waals surface area contributed by atoms with Gasteiger partial charge in [-0.25, -0.2) is 0 Å². The molecule has 0 rings (SSSR count). The van der Waals surface area contributed by atoms with Crippen LogP contribution in [-0.4, -0.2) is 37.6 Å². The average Bonchev–Trinajstić information content (AvgIpc) is 2.18. The van der Waals surface area contributed by atoms with Gasteiger partial charge in [0.1, 0.15) is 0 Å². The maximum absolute atomic E-state index is 10.8. The van der Waals surface area contributed by atoms with E-state index in [0.717, 1.165) is 32.5 Å². The molecule has 0 aliphatic carbocycles. The Morgan fingerprint density at radius 1 is 1.23 bits per heavy atom. The zero-order chi connectivity index (χ0) is 10.1. The summed E-state index contributed by atoms with van der Waals surface area (Å²) >= 11 is 0. The van der Waals surface area contributed by atoms with Crippen LogP contribution >= 0.6 is 0 Å². The summed E-state index contributed by atoms with van der Waals surface area (Å²) in [6, 6.07) is 0. The van der Waals surface area contributed by atoms with E-state index in [1.54, 1.807) is 0 Å². The van der Waals surface area contributed by atoms with Crippen LogP contribution in [0.5, 0.6) is 0 Å². The minimum absolute atomic E-state index is 0.0976. The Balaban J connectivity index is 3.28. The number of hydrogen-bond donors (Lipinski definition) is 0. The van der Waals surface area contributed by atoms with Crippen molar-refractivity contribution in [1.82, 2.24) is 4.90 Å². The van der Waals surface area contributed by atoms with E-state index in [9.17, 15) is 4.79 Å². The van der Waals surface area contributed by atoms with Gasteiger partial charge in [0, 0.05) is 6.42 Å². The normalized spacial score (nSPS) is 10.5. The molecule has 78 valence electrons. The van der Waals surface area contributed by atoms with Gasteiger partial charge >= 0.3 is 5.97 Å². The first kappa shape index (κ1) is 12.4. The minimum atomic E-state index is -0.0976. The van der Waals surface area contributed by atoms with Crippen LogP contribution in [0.2, 0.25) is 0 Å². The smallest absolute Gasteiger partial charge is 0.305 e. The molecule has 3 heteroatoms. The van der Waals surface area contributed by atoms with Crippen molar-refractivity contribution in [1.29, 1.82) is 0 Å². The highest BCUT2D eigenvalue weighted by atomic mass is 16.5. The zero-order valence-corrected chi connectivity index (χ0v) is 9.01. The Kier molecular flexibility index (Phi) is 7.69. The molecule has 0 heterocycles. The largest absolute Gasteiger partial charge is 0.469 e. The SMILES string of the molecule is CCN(CC)CCCCC(=O)OC. The molecule has 0 aromatic heterocycles. The van der Waals surface area contributed by atoms with Crippen molar-refractivity contribution in [3.63, 3.8) is 0 Å². The molecular formula is C10H21NO2. The predicted octanol–water partition coefficient (Wildman–Crippen LogP) is 1.67. The summed E-state index contributed by atoms with van der Waals surface area (Å²) < 4.78 is 4.56. The topological polar surface area (TPSA) is 29.5 Å². The molecule has 0 aromatic rings. The van der Waals surface area contributed by atoms with Gasteiger partial charge in [0.2, 0.25) is 0 Å². The van der Waals surface area contributed by atoms with Crippen LogP contribution in [-0.2, 0) is 9.53 Å². The third kappa shape index (κ3) is 6.58. The van der Waals surface area contributed by atoms with Crippen molar-refractivity contribution in [2.45, 2.75) is 33.1 Å². The molecule has 0 unspecified atom stereocenters. The highest BCUT2D eigenvalue weighted by Gasteiger charge is 2.01. The summed E-state index contributed by atoms with van der Waals surface area (Å²) in [5.41, 5.74) is 0. The van der Waals surface area contributed by atoms with Gasteiger partial charge in [-0.15, -0.1) is 0 Å². The maximum atomic E-state index is 10.8. The van der Waals surface area contributed by atoms with E-state index in [0.29, 0.717) is 6.42 Å². The molecule has 0 aliphatic rings. The number of nitrogens with zero attached hydrogens (tertiary/aromatic N) is 1. The summed E-state index contributed by atoms with van der Waals surface area (Å²) in [6.45, 7) is 7.58. The monoisotopic (exact) mass is 187 g/mol. The number of carbonyl (C=O) groups excluding carboxylic acids is 1. The van der Waals surface area contributed by atoms with Crippen LogP contribution < -0.4 is 0 Å². The molecule has 3 nitrogen and oxygen atoms in total. The average molecular weight is 187 g/mol. The lowest BCUT2D eigenvalue weighted by Crippen LogP contribution is -2.24. The first-order valence-electron chi connectivity index (χ1n) is 5.03. The lowest BCUT2D eigenvalue weighted by Gasteiger charge is -2.17. The van der Waals surface area contributed by atoms with E-state index in [4.69, 9.17) is 0 Å². The quantitative estimate of drug-likeness (QED) is 0.448. The van der Waals surface area contributed by atoms with E-state index in [1.165, 1.54) is 7.11 Å². The number of rotatable bonds is 7. The molecule has 0 aliphatic heterocycles. The van der Waals surface area contributed by atoms with Crippen LogP contribution in [0.15, 0.2) is 0 Å². The van der Waals surface area contributed by atoms with Crippen LogP contribution in [0.4, 0.5) is 0 Å². The summed E-state index contributed by atoms with van der Waals surface area (Å²) in [6.07, 6.45) is 2.57. The van der Waals surface area contributed by atoms with Crippen LogP contribution in [0, 0.1) is 0 Å². The molecule has 0 aromatic carbocycles. The maximum Gasteiger partial charge on any atom is 0.305 e. The van der Waals surface area contributed by atoms with Gasteiger partial charge in [0.05, 0.1) is 7.11 Å². The van der Waals surface area contributed by atoms with E-state index in [1.807, 2.05) is 0 Å². The molecule has 0 saturated carbocycles. The molecule has 0 atom stereocenters. The van der Waals surface area contributed by atoms with Crippen LogP contribution in [0.3, 0.4) is 0 Å². The summed E-state index contributed by atoms with van der Waals surface area (Å²) in [4.78, 5) is 13.1. The molecule has 0 amide bonds. The van der Waals surface area contributed by atoms with E-state index < -0.39 is 0 Å². The molecule has 0 fully saturated rings. The molecule has 0 N–H and O–H groups in total. The summed E-state index contributed by atoms with van der Waals surface area (Å²) in [7, 11) is 1.44. The van der Waals surface area contributed by atoms with Gasteiger partial charge < -0.3 is 9.64 Å². The lowest BCUT2D eigenvalue weighted by molar-refractivity contribution is -0.140. The third-order valence-electron chi connectivity index (χ3n) is 2.23. The van der Waals surface area contributed by atoms with E-state index in [2.05, 4.69) is 23.5 Å². The Bertz CT molecular complexity index is 133. The molecule has 13 heavy (non-hydrogen) atoms. The van der Waals surface area contributed by atoms with Crippen LogP contribution in [0.25, 0.3) is 0 Å². The van der Waals surface area contributed by atoms with Crippen molar-refractivity contribution in [3.05, 3.63) is 0 Å². The Labute approximate surface area is 81.1 Å². The Morgan fingerprint density at radius 3 is 2.31 bits per heavy atom. The number of esters is 1. The standard InChI is InChI=1S/C10H21NO2/c1-4-11(5-2)9-7-6-8-10(12)13-3/h4-9H2,1-3H3. The summed E-state index contributed by atoms with van der Waals surface area (Å²) in [5.74, 6) is -0.0976. The molecule has 0 spiro atoms. The van der Waals surface area contributed by atoms with Gasteiger partial charge in [0.25, 0.3) is 0 Å². The fourth-order valence-corrected chi connectivity index (χ4v) is 1.25. The number of unbranched alkanes of at least 4 members (excludes halogenated alkanes) is 1. The molecule has 0 saturated heterocycles. The van der Waals surface area contributed by atoms with E-state index >= 15 is 0 Å². The number of carbonyl (C=O) groups is 1. The Morgan fingerprint density at radius 2 is 1.85 bits per heavy atom. The molecular weight excluding hydrogens is 166 g/mol. The van der Waals surface area contributed by atoms with Crippen molar-refractivity contribution in [2.75, 3.05) is 26.7 Å². The van der Waals surface area contributed by atoms with Crippen LogP contribution in [0.1, 0.15) is 33.1 Å². The number of ether oxygens (including phenoxy) is 1. The fraction of sp³-hybridized carbons (Fsp3) is 0.900. The highest BCUT2D eigenvalue weighted by molar-refractivity contribution is 5.68. The van der Waals surface area contributed by atoms with Crippen molar-refractivity contribution < 1.29 is 9.53 Å². The predicted molar refractivity (Wildman–Crippen MR) is 53.7 cm³/mol. The van der Waals surface area contributed by atoms with E-state index in [-0.39, 0.29) is 5.97 Å². The minimum Gasteiger partial charge on any atom is -0.469 e. The summed E-state index contributed by atoms with van der Waals surface area (Å²) in [5, 5.41) is 0. The lowest BCUT2D eigenvalue weighted by atomic mass is 10.2. The van der Waals surface area contributed by atoms with Gasteiger partial charge in [-0.3, -0.25) is 4.79 Å². The first-order valence-corrected chi connectivity index (χ1v) is 5.03. The third-order valence-corrected chi connectivity index (χ3v) is 2.23. The first-order chi connectivity index (χ1) is 6.24. The zero-order valence-electron chi connectivity index (χ0n) is 9.01. The van der Waals surface area contributed by atoms with Gasteiger partial charge in [-0.05, 0) is 32.5 Å². The number of hydrogen-bond acceptors (Lipinski definition) is 3. The Hall–Kier alpha value is -0.570. The molecule has 0 radical (unpaired) electrons. The second-order valence-electron chi connectivity index (χ2n) is 3.06. The van der Waals surface area contributed by atoms with Gasteiger partial charge in [0.15, 0.2) is 0 Å². The second-order valence-corrected chi connectivity index (χ2v) is 3.06. The van der Waals surface area contributed by atoms with Gasteiger partial charge in [-0.2, -0.15) is 0 Å². The second kappa shape index (κ2) is 8.05. The van der Waals surface area contributed by atoms with Crippen molar-refractivity contribution >= 4 is 5.97 Å². The fourth-order valence-electron chi connectivity index (χ4n) is 1.25. The van der Waals surface area contributed by atoms with Gasteiger partial charge in [-0.1, -0.05) is 13.8 Å². The molecule has 0 bridgehead atoms. The highest BCUT2D eigenvalue weighted by Crippen LogP contribution is 1.99.